The molecule has 3 nitrogen and oxygen atoms in total. The number of nitrogens with two attached hydrogens (primary N) is 1. The van der Waals surface area contributed by atoms with Crippen LogP contribution in [0.4, 0.5) is 0 Å². The highest BCUT2D eigenvalue weighted by molar-refractivity contribution is 4.90. The maximum atomic E-state index is 6.06. The molecule has 0 bridgehead atoms. The SMILES string of the molecule is CCCC1CCC(CN)C(N2CCC(N(C)C)CC2)C1. The van der Waals surface area contributed by atoms with E-state index in [1.807, 2.05) is 0 Å². The molecule has 0 spiro atoms. The molecule has 0 aromatic rings. The van der Waals surface area contributed by atoms with Gasteiger partial charge in [-0.05, 0) is 71.2 Å². The van der Waals surface area contributed by atoms with Crippen molar-refractivity contribution in [3.63, 3.8) is 0 Å². The van der Waals surface area contributed by atoms with Gasteiger partial charge in [0, 0.05) is 12.1 Å². The molecule has 1 heterocycles. The highest BCUT2D eigenvalue weighted by Gasteiger charge is 2.35. The zero-order chi connectivity index (χ0) is 14.5. The van der Waals surface area contributed by atoms with Crippen molar-refractivity contribution in [2.75, 3.05) is 33.7 Å². The summed E-state index contributed by atoms with van der Waals surface area (Å²) in [5.74, 6) is 1.71. The van der Waals surface area contributed by atoms with E-state index in [4.69, 9.17) is 5.73 Å². The second kappa shape index (κ2) is 7.77. The van der Waals surface area contributed by atoms with Crippen LogP contribution in [0.5, 0.6) is 0 Å². The Morgan fingerprint density at radius 3 is 2.35 bits per heavy atom. The first kappa shape index (κ1) is 16.3. The van der Waals surface area contributed by atoms with Crippen LogP contribution in [-0.4, -0.2) is 55.6 Å². The molecule has 3 heteroatoms. The predicted octanol–water partition coefficient (Wildman–Crippen LogP) is 2.56. The molecule has 1 aliphatic heterocycles. The molecule has 2 rings (SSSR count). The van der Waals surface area contributed by atoms with Gasteiger partial charge in [0.05, 0.1) is 0 Å². The summed E-state index contributed by atoms with van der Waals surface area (Å²) in [5, 5.41) is 0. The zero-order valence-electron chi connectivity index (χ0n) is 13.9. The molecule has 1 saturated heterocycles. The predicted molar refractivity (Wildman–Crippen MR) is 86.9 cm³/mol. The molecule has 0 aromatic heterocycles. The van der Waals surface area contributed by atoms with Gasteiger partial charge in [-0.2, -0.15) is 0 Å². The van der Waals surface area contributed by atoms with Crippen molar-refractivity contribution in [2.45, 2.75) is 64.0 Å². The van der Waals surface area contributed by atoms with Crippen molar-refractivity contribution in [2.24, 2.45) is 17.6 Å². The van der Waals surface area contributed by atoms with Crippen LogP contribution in [0.15, 0.2) is 0 Å². The maximum Gasteiger partial charge on any atom is 0.0138 e. The molecule has 0 amide bonds. The van der Waals surface area contributed by atoms with Crippen molar-refractivity contribution in [1.29, 1.82) is 0 Å². The molecule has 118 valence electrons. The van der Waals surface area contributed by atoms with Crippen LogP contribution in [0.25, 0.3) is 0 Å². The van der Waals surface area contributed by atoms with E-state index in [2.05, 4.69) is 30.8 Å². The molecule has 2 fully saturated rings. The lowest BCUT2D eigenvalue weighted by molar-refractivity contribution is 0.0431. The number of likely N-dealkylation sites (tertiary alicyclic amines) is 1. The van der Waals surface area contributed by atoms with E-state index < -0.39 is 0 Å². The topological polar surface area (TPSA) is 32.5 Å². The molecule has 2 N–H and O–H groups in total. The summed E-state index contributed by atoms with van der Waals surface area (Å²) < 4.78 is 0. The first-order chi connectivity index (χ1) is 9.65. The van der Waals surface area contributed by atoms with E-state index in [0.29, 0.717) is 0 Å². The smallest absolute Gasteiger partial charge is 0.0138 e. The Morgan fingerprint density at radius 1 is 1.10 bits per heavy atom. The van der Waals surface area contributed by atoms with E-state index in [1.165, 1.54) is 58.0 Å². The maximum absolute atomic E-state index is 6.06. The van der Waals surface area contributed by atoms with Crippen molar-refractivity contribution in [3.8, 4) is 0 Å². The first-order valence-electron chi connectivity index (χ1n) is 8.76. The van der Waals surface area contributed by atoms with Gasteiger partial charge in [-0.1, -0.05) is 26.2 Å². The van der Waals surface area contributed by atoms with E-state index in [9.17, 15) is 0 Å². The van der Waals surface area contributed by atoms with Crippen LogP contribution in [0.1, 0.15) is 51.9 Å². The molecule has 0 aromatic carbocycles. The minimum atomic E-state index is 0.749. The van der Waals surface area contributed by atoms with E-state index in [-0.39, 0.29) is 0 Å². The molecule has 1 saturated carbocycles. The molecular formula is C17H35N3. The standard InChI is InChI=1S/C17H35N3/c1-4-5-14-6-7-15(13-18)17(12-14)20-10-8-16(9-11-20)19(2)3/h14-17H,4-13,18H2,1-3H3. The third-order valence-electron chi connectivity index (χ3n) is 5.76. The minimum absolute atomic E-state index is 0.749. The number of hydrogen-bond donors (Lipinski definition) is 1. The molecule has 3 unspecified atom stereocenters. The lowest BCUT2D eigenvalue weighted by atomic mass is 9.75. The van der Waals surface area contributed by atoms with Crippen LogP contribution in [0.2, 0.25) is 0 Å². The second-order valence-corrected chi connectivity index (χ2v) is 7.26. The Hall–Kier alpha value is -0.120. The Balaban J connectivity index is 1.91. The number of nitrogens with zero attached hydrogens (tertiary/aromatic N) is 2. The largest absolute Gasteiger partial charge is 0.330 e. The quantitative estimate of drug-likeness (QED) is 0.840. The molecule has 0 radical (unpaired) electrons. The summed E-state index contributed by atoms with van der Waals surface area (Å²) in [7, 11) is 4.45. The summed E-state index contributed by atoms with van der Waals surface area (Å²) >= 11 is 0. The van der Waals surface area contributed by atoms with Gasteiger partial charge in [0.15, 0.2) is 0 Å². The second-order valence-electron chi connectivity index (χ2n) is 7.26. The molecule has 20 heavy (non-hydrogen) atoms. The summed E-state index contributed by atoms with van der Waals surface area (Å²) in [5.41, 5.74) is 6.06. The van der Waals surface area contributed by atoms with Gasteiger partial charge >= 0.3 is 0 Å². The summed E-state index contributed by atoms with van der Waals surface area (Å²) in [6, 6.07) is 1.56. The summed E-state index contributed by atoms with van der Waals surface area (Å²) in [6.45, 7) is 5.77. The highest BCUT2D eigenvalue weighted by Crippen LogP contribution is 2.35. The fourth-order valence-corrected chi connectivity index (χ4v) is 4.42. The van der Waals surface area contributed by atoms with Crippen molar-refractivity contribution in [3.05, 3.63) is 0 Å². The van der Waals surface area contributed by atoms with Crippen LogP contribution in [0, 0.1) is 11.8 Å². The third kappa shape index (κ3) is 3.96. The van der Waals surface area contributed by atoms with Gasteiger partial charge in [0.1, 0.15) is 0 Å². The summed E-state index contributed by atoms with van der Waals surface area (Å²) in [6.07, 6.45) is 9.61. The molecular weight excluding hydrogens is 246 g/mol. The monoisotopic (exact) mass is 281 g/mol. The van der Waals surface area contributed by atoms with Gasteiger partial charge in [-0.3, -0.25) is 4.90 Å². The Morgan fingerprint density at radius 2 is 1.80 bits per heavy atom. The highest BCUT2D eigenvalue weighted by atomic mass is 15.2. The van der Waals surface area contributed by atoms with Gasteiger partial charge < -0.3 is 10.6 Å². The van der Waals surface area contributed by atoms with E-state index >= 15 is 0 Å². The van der Waals surface area contributed by atoms with E-state index in [0.717, 1.165) is 30.5 Å². The van der Waals surface area contributed by atoms with Crippen molar-refractivity contribution in [1.82, 2.24) is 9.80 Å². The Bertz CT molecular complexity index is 271. The van der Waals surface area contributed by atoms with Crippen LogP contribution >= 0.6 is 0 Å². The van der Waals surface area contributed by atoms with Gasteiger partial charge in [-0.15, -0.1) is 0 Å². The first-order valence-corrected chi connectivity index (χ1v) is 8.76. The van der Waals surface area contributed by atoms with Crippen LogP contribution < -0.4 is 5.73 Å². The molecule has 3 atom stereocenters. The van der Waals surface area contributed by atoms with Gasteiger partial charge in [0.2, 0.25) is 0 Å². The normalized spacial score (nSPS) is 33.8. The lowest BCUT2D eigenvalue weighted by Crippen LogP contribution is -2.52. The van der Waals surface area contributed by atoms with Crippen LogP contribution in [-0.2, 0) is 0 Å². The minimum Gasteiger partial charge on any atom is -0.330 e. The van der Waals surface area contributed by atoms with Gasteiger partial charge in [-0.25, -0.2) is 0 Å². The third-order valence-corrected chi connectivity index (χ3v) is 5.76. The number of rotatable bonds is 5. The fraction of sp³-hybridized carbons (Fsp3) is 1.00. The number of piperidine rings is 1. The van der Waals surface area contributed by atoms with Crippen molar-refractivity contribution >= 4 is 0 Å². The average Bonchev–Trinajstić information content (AvgIpc) is 2.47. The van der Waals surface area contributed by atoms with Gasteiger partial charge in [0.25, 0.3) is 0 Å². The lowest BCUT2D eigenvalue weighted by Gasteiger charge is -2.46. The number of hydrogen-bond acceptors (Lipinski definition) is 3. The van der Waals surface area contributed by atoms with E-state index in [1.54, 1.807) is 0 Å². The average molecular weight is 281 g/mol. The Labute approximate surface area is 125 Å². The summed E-state index contributed by atoms with van der Waals surface area (Å²) in [4.78, 5) is 5.18. The molecule has 2 aliphatic rings. The van der Waals surface area contributed by atoms with Crippen molar-refractivity contribution < 1.29 is 0 Å². The Kier molecular flexibility index (Phi) is 6.31. The zero-order valence-corrected chi connectivity index (χ0v) is 13.9. The fourth-order valence-electron chi connectivity index (χ4n) is 4.42. The molecule has 1 aliphatic carbocycles. The van der Waals surface area contributed by atoms with Crippen LogP contribution in [0.3, 0.4) is 0 Å².